The van der Waals surface area contributed by atoms with Crippen LogP contribution in [0.5, 0.6) is 0 Å². The van der Waals surface area contributed by atoms with E-state index in [1.54, 1.807) is 0 Å². The average Bonchev–Trinajstić information content (AvgIpc) is 2.44. The Morgan fingerprint density at radius 3 is 2.11 bits per heavy atom. The van der Waals surface area contributed by atoms with Gasteiger partial charge in [0.2, 0.25) is 0 Å². The Morgan fingerprint density at radius 2 is 1.47 bits per heavy atom. The van der Waals surface area contributed by atoms with Crippen LogP contribution in [-0.4, -0.2) is 0 Å². The van der Waals surface area contributed by atoms with Crippen LogP contribution in [-0.2, 0) is 5.75 Å². The zero-order valence-corrected chi connectivity index (χ0v) is 11.5. The van der Waals surface area contributed by atoms with Crippen LogP contribution in [0.3, 0.4) is 0 Å². The summed E-state index contributed by atoms with van der Waals surface area (Å²) in [7, 11) is 0. The summed E-state index contributed by atoms with van der Waals surface area (Å²) < 4.78 is 41.1. The van der Waals surface area contributed by atoms with Gasteiger partial charge in [-0.05, 0) is 19.4 Å². The number of hydrogen-bond acceptors (Lipinski definition) is 1. The third-order valence-electron chi connectivity index (χ3n) is 2.95. The van der Waals surface area contributed by atoms with Gasteiger partial charge < -0.3 is 0 Å². The fraction of sp³-hybridized carbons (Fsp3) is 0.200. The molecule has 0 saturated carbocycles. The van der Waals surface area contributed by atoms with Crippen LogP contribution in [0.15, 0.2) is 35.2 Å². The molecule has 2 aromatic carbocycles. The summed E-state index contributed by atoms with van der Waals surface area (Å²) in [4.78, 5) is 0.0458. The first-order valence-corrected chi connectivity index (χ1v) is 6.81. The Balaban J connectivity index is 2.31. The van der Waals surface area contributed by atoms with Crippen molar-refractivity contribution in [1.29, 1.82) is 0 Å². The monoisotopic (exact) mass is 282 g/mol. The Morgan fingerprint density at radius 1 is 0.842 bits per heavy atom. The van der Waals surface area contributed by atoms with Crippen molar-refractivity contribution < 1.29 is 13.2 Å². The summed E-state index contributed by atoms with van der Waals surface area (Å²) >= 11 is 1.11. The van der Waals surface area contributed by atoms with Crippen molar-refractivity contribution in [2.24, 2.45) is 0 Å². The summed E-state index contributed by atoms with van der Waals surface area (Å²) in [6.07, 6.45) is 0. The molecule has 0 unspecified atom stereocenters. The number of thioether (sulfide) groups is 1. The van der Waals surface area contributed by atoms with Crippen LogP contribution in [0.1, 0.15) is 16.7 Å². The lowest BCUT2D eigenvalue weighted by molar-refractivity contribution is 0.464. The Hall–Kier alpha value is -1.42. The van der Waals surface area contributed by atoms with Crippen molar-refractivity contribution in [1.82, 2.24) is 0 Å². The van der Waals surface area contributed by atoms with E-state index < -0.39 is 17.5 Å². The maximum absolute atomic E-state index is 13.8. The topological polar surface area (TPSA) is 0 Å². The predicted molar refractivity (Wildman–Crippen MR) is 71.8 cm³/mol. The number of benzene rings is 2. The third-order valence-corrected chi connectivity index (χ3v) is 4.20. The van der Waals surface area contributed by atoms with Gasteiger partial charge in [-0.1, -0.05) is 30.3 Å². The Kier molecular flexibility index (Phi) is 4.20. The quantitative estimate of drug-likeness (QED) is 0.563. The van der Waals surface area contributed by atoms with Crippen molar-refractivity contribution in [3.8, 4) is 0 Å². The highest BCUT2D eigenvalue weighted by Crippen LogP contribution is 2.33. The number of halogens is 3. The first-order valence-electron chi connectivity index (χ1n) is 5.82. The standard InChI is InChI=1S/C15H13F3S/c1-9-12(16)10(2)15(14(18)13(9)17)19-8-11-6-4-3-5-7-11/h3-7H,8H2,1-2H3. The third kappa shape index (κ3) is 2.78. The normalized spacial score (nSPS) is 10.8. The lowest BCUT2D eigenvalue weighted by Gasteiger charge is -2.11. The van der Waals surface area contributed by atoms with Crippen LogP contribution in [0.25, 0.3) is 0 Å². The molecule has 0 N–H and O–H groups in total. The molecule has 0 atom stereocenters. The maximum Gasteiger partial charge on any atom is 0.173 e. The average molecular weight is 282 g/mol. The molecule has 0 nitrogen and oxygen atoms in total. The summed E-state index contributed by atoms with van der Waals surface area (Å²) in [5.74, 6) is -2.26. The fourth-order valence-corrected chi connectivity index (χ4v) is 2.83. The molecule has 0 heterocycles. The van der Waals surface area contributed by atoms with Crippen molar-refractivity contribution in [2.45, 2.75) is 24.5 Å². The predicted octanol–water partition coefficient (Wildman–Crippen LogP) is 5.01. The van der Waals surface area contributed by atoms with E-state index in [0.29, 0.717) is 5.75 Å². The summed E-state index contributed by atoms with van der Waals surface area (Å²) in [5.41, 5.74) is 0.879. The number of hydrogen-bond donors (Lipinski definition) is 0. The van der Waals surface area contributed by atoms with Gasteiger partial charge in [-0.2, -0.15) is 0 Å². The Bertz CT molecular complexity index is 565. The van der Waals surface area contributed by atoms with E-state index in [0.717, 1.165) is 17.3 Å². The van der Waals surface area contributed by atoms with Crippen molar-refractivity contribution in [3.63, 3.8) is 0 Å². The lowest BCUT2D eigenvalue weighted by Crippen LogP contribution is -2.01. The molecule has 0 bridgehead atoms. The van der Waals surface area contributed by atoms with Crippen LogP contribution in [0.4, 0.5) is 13.2 Å². The Labute approximate surface area is 114 Å². The van der Waals surface area contributed by atoms with E-state index in [1.165, 1.54) is 13.8 Å². The highest BCUT2D eigenvalue weighted by Gasteiger charge is 2.20. The molecule has 0 radical (unpaired) electrons. The molecule has 0 aliphatic carbocycles. The van der Waals surface area contributed by atoms with E-state index in [1.807, 2.05) is 30.3 Å². The molecule has 0 saturated heterocycles. The minimum Gasteiger partial charge on any atom is -0.206 e. The minimum atomic E-state index is -1.10. The maximum atomic E-state index is 13.8. The van der Waals surface area contributed by atoms with E-state index >= 15 is 0 Å². The van der Waals surface area contributed by atoms with Gasteiger partial charge in [-0.25, -0.2) is 13.2 Å². The summed E-state index contributed by atoms with van der Waals surface area (Å²) in [6, 6.07) is 9.40. The molecule has 2 aromatic rings. The highest BCUT2D eigenvalue weighted by atomic mass is 32.2. The van der Waals surface area contributed by atoms with Gasteiger partial charge in [-0.3, -0.25) is 0 Å². The zero-order chi connectivity index (χ0) is 14.0. The van der Waals surface area contributed by atoms with Crippen LogP contribution >= 0.6 is 11.8 Å². The van der Waals surface area contributed by atoms with Gasteiger partial charge >= 0.3 is 0 Å². The van der Waals surface area contributed by atoms with E-state index in [2.05, 4.69) is 0 Å². The second-order valence-corrected chi connectivity index (χ2v) is 5.28. The fourth-order valence-electron chi connectivity index (χ4n) is 1.81. The van der Waals surface area contributed by atoms with Gasteiger partial charge in [0.25, 0.3) is 0 Å². The van der Waals surface area contributed by atoms with Crippen molar-refractivity contribution in [2.75, 3.05) is 0 Å². The first-order chi connectivity index (χ1) is 9.02. The molecule has 0 fully saturated rings. The molecule has 0 aromatic heterocycles. The molecular formula is C15H13F3S. The SMILES string of the molecule is Cc1c(F)c(C)c(SCc2ccccc2)c(F)c1F. The smallest absolute Gasteiger partial charge is 0.173 e. The first kappa shape index (κ1) is 14.0. The minimum absolute atomic E-state index is 0.0458. The molecule has 0 aliphatic heterocycles. The van der Waals surface area contributed by atoms with Gasteiger partial charge in [0, 0.05) is 16.9 Å². The molecule has 0 spiro atoms. The van der Waals surface area contributed by atoms with E-state index in [9.17, 15) is 13.2 Å². The van der Waals surface area contributed by atoms with Gasteiger partial charge in [0.1, 0.15) is 5.82 Å². The summed E-state index contributed by atoms with van der Waals surface area (Å²) in [6.45, 7) is 2.71. The molecule has 0 amide bonds. The largest absolute Gasteiger partial charge is 0.206 e. The summed E-state index contributed by atoms with van der Waals surface area (Å²) in [5, 5.41) is 0. The van der Waals surface area contributed by atoms with E-state index in [-0.39, 0.29) is 16.0 Å². The molecular weight excluding hydrogens is 269 g/mol. The van der Waals surface area contributed by atoms with Gasteiger partial charge in [0.15, 0.2) is 11.6 Å². The second-order valence-electron chi connectivity index (χ2n) is 4.30. The van der Waals surface area contributed by atoms with E-state index in [4.69, 9.17) is 0 Å². The van der Waals surface area contributed by atoms with Crippen LogP contribution in [0.2, 0.25) is 0 Å². The van der Waals surface area contributed by atoms with Crippen molar-refractivity contribution >= 4 is 11.8 Å². The number of rotatable bonds is 3. The van der Waals surface area contributed by atoms with Gasteiger partial charge in [0.05, 0.1) is 4.90 Å². The van der Waals surface area contributed by atoms with Crippen molar-refractivity contribution in [3.05, 3.63) is 64.5 Å². The second kappa shape index (κ2) is 5.70. The molecule has 19 heavy (non-hydrogen) atoms. The molecule has 0 aliphatic rings. The lowest BCUT2D eigenvalue weighted by atomic mass is 10.1. The highest BCUT2D eigenvalue weighted by molar-refractivity contribution is 7.98. The van der Waals surface area contributed by atoms with Crippen LogP contribution in [0, 0.1) is 31.3 Å². The zero-order valence-electron chi connectivity index (χ0n) is 10.6. The molecule has 2 rings (SSSR count). The molecule has 100 valence electrons. The van der Waals surface area contributed by atoms with Gasteiger partial charge in [-0.15, -0.1) is 11.8 Å². The van der Waals surface area contributed by atoms with Crippen LogP contribution < -0.4 is 0 Å². The molecule has 4 heteroatoms.